The van der Waals surface area contributed by atoms with E-state index in [1.165, 1.54) is 6.33 Å². The molecule has 0 amide bonds. The van der Waals surface area contributed by atoms with Gasteiger partial charge in [-0.05, 0) is 36.1 Å². The van der Waals surface area contributed by atoms with E-state index in [0.717, 1.165) is 16.5 Å². The highest BCUT2D eigenvalue weighted by molar-refractivity contribution is 6.32. The fourth-order valence-electron chi connectivity index (χ4n) is 4.48. The SMILES string of the molecule is Cc1cccc2cc(Cn3nc(-c4cn[nH]c4)c4c(N)ncnc43)n(-c3ccccc3Cl)c(=O)c12. The third kappa shape index (κ3) is 3.36. The van der Waals surface area contributed by atoms with Crippen molar-refractivity contribution in [1.29, 1.82) is 0 Å². The maximum atomic E-state index is 13.8. The molecule has 0 unspecified atom stereocenters. The summed E-state index contributed by atoms with van der Waals surface area (Å²) < 4.78 is 3.37. The summed E-state index contributed by atoms with van der Waals surface area (Å²) in [6, 6.07) is 15.1. The number of benzene rings is 2. The zero-order valence-corrected chi connectivity index (χ0v) is 19.4. The molecule has 0 aliphatic carbocycles. The first kappa shape index (κ1) is 21.1. The van der Waals surface area contributed by atoms with Crippen LogP contribution < -0.4 is 11.3 Å². The Morgan fingerprint density at radius 1 is 1.09 bits per heavy atom. The van der Waals surface area contributed by atoms with Gasteiger partial charge in [-0.25, -0.2) is 14.6 Å². The van der Waals surface area contributed by atoms with Gasteiger partial charge < -0.3 is 5.73 Å². The molecule has 6 rings (SSSR count). The number of hydrogen-bond donors (Lipinski definition) is 2. The van der Waals surface area contributed by atoms with Gasteiger partial charge >= 0.3 is 0 Å². The Bertz CT molecular complexity index is 1790. The quantitative estimate of drug-likeness (QED) is 0.390. The van der Waals surface area contributed by atoms with Crippen LogP contribution in [0.2, 0.25) is 5.02 Å². The maximum Gasteiger partial charge on any atom is 0.263 e. The lowest BCUT2D eigenvalue weighted by atomic mass is 10.1. The summed E-state index contributed by atoms with van der Waals surface area (Å²) in [4.78, 5) is 22.4. The van der Waals surface area contributed by atoms with Gasteiger partial charge in [0.1, 0.15) is 17.8 Å². The molecule has 0 aliphatic rings. The van der Waals surface area contributed by atoms with E-state index >= 15 is 0 Å². The van der Waals surface area contributed by atoms with Gasteiger partial charge in [0, 0.05) is 17.5 Å². The van der Waals surface area contributed by atoms with E-state index in [-0.39, 0.29) is 12.1 Å². The van der Waals surface area contributed by atoms with E-state index in [1.54, 1.807) is 27.7 Å². The van der Waals surface area contributed by atoms with Crippen molar-refractivity contribution in [2.45, 2.75) is 13.5 Å². The van der Waals surface area contributed by atoms with Crippen LogP contribution >= 0.6 is 11.6 Å². The largest absolute Gasteiger partial charge is 0.383 e. The van der Waals surface area contributed by atoms with Gasteiger partial charge in [0.05, 0.1) is 34.2 Å². The zero-order chi connectivity index (χ0) is 24.1. The zero-order valence-electron chi connectivity index (χ0n) is 18.6. The summed E-state index contributed by atoms with van der Waals surface area (Å²) in [5.74, 6) is 0.315. The number of aryl methyl sites for hydroxylation is 1. The Balaban J connectivity index is 1.64. The number of pyridine rings is 1. The maximum absolute atomic E-state index is 13.8. The lowest BCUT2D eigenvalue weighted by Crippen LogP contribution is -2.24. The number of aromatic amines is 1. The lowest BCUT2D eigenvalue weighted by molar-refractivity contribution is 0.672. The smallest absolute Gasteiger partial charge is 0.263 e. The van der Waals surface area contributed by atoms with E-state index in [9.17, 15) is 4.79 Å². The first-order valence-electron chi connectivity index (χ1n) is 10.9. The molecule has 0 aliphatic heterocycles. The molecule has 0 saturated carbocycles. The van der Waals surface area contributed by atoms with Gasteiger partial charge in [-0.15, -0.1) is 0 Å². The molecular formula is C25H19ClN8O. The van der Waals surface area contributed by atoms with Crippen molar-refractivity contribution in [1.82, 2.24) is 34.5 Å². The number of fused-ring (bicyclic) bond motifs is 2. The monoisotopic (exact) mass is 482 g/mol. The molecule has 2 aromatic carbocycles. The van der Waals surface area contributed by atoms with Gasteiger partial charge in [0.25, 0.3) is 5.56 Å². The van der Waals surface area contributed by atoms with Crippen molar-refractivity contribution in [3.63, 3.8) is 0 Å². The predicted octanol–water partition coefficient (Wildman–Crippen LogP) is 4.11. The van der Waals surface area contributed by atoms with Crippen molar-refractivity contribution in [2.24, 2.45) is 0 Å². The molecule has 0 fully saturated rings. The Hall–Kier alpha value is -4.50. The first-order chi connectivity index (χ1) is 17.0. The molecule has 4 aromatic heterocycles. The van der Waals surface area contributed by atoms with Crippen LogP contribution in [0.3, 0.4) is 0 Å². The second-order valence-corrected chi connectivity index (χ2v) is 8.62. The highest BCUT2D eigenvalue weighted by Gasteiger charge is 2.20. The average Bonchev–Trinajstić information content (AvgIpc) is 3.49. The molecule has 9 nitrogen and oxygen atoms in total. The van der Waals surface area contributed by atoms with Gasteiger partial charge in [-0.3, -0.25) is 14.5 Å². The Labute approximate surface area is 203 Å². The number of halogens is 1. The highest BCUT2D eigenvalue weighted by Crippen LogP contribution is 2.30. The van der Waals surface area contributed by atoms with E-state index in [2.05, 4.69) is 20.2 Å². The summed E-state index contributed by atoms with van der Waals surface area (Å²) in [6.07, 6.45) is 4.80. The van der Waals surface area contributed by atoms with Gasteiger partial charge in [0.2, 0.25) is 0 Å². The Morgan fingerprint density at radius 2 is 1.94 bits per heavy atom. The van der Waals surface area contributed by atoms with Crippen molar-refractivity contribution in [3.05, 3.63) is 93.9 Å². The molecule has 0 bridgehead atoms. The molecule has 6 aromatic rings. The predicted molar refractivity (Wildman–Crippen MR) is 136 cm³/mol. The number of nitrogen functional groups attached to an aromatic ring is 1. The number of nitrogens with zero attached hydrogens (tertiary/aromatic N) is 6. The molecule has 0 atom stereocenters. The third-order valence-corrected chi connectivity index (χ3v) is 6.39. The van der Waals surface area contributed by atoms with Crippen molar-refractivity contribution in [2.75, 3.05) is 5.73 Å². The van der Waals surface area contributed by atoms with Crippen LogP contribution in [0.15, 0.2) is 72.0 Å². The van der Waals surface area contributed by atoms with Crippen LogP contribution in [0.1, 0.15) is 11.3 Å². The van der Waals surface area contributed by atoms with Crippen molar-refractivity contribution in [3.8, 4) is 16.9 Å². The van der Waals surface area contributed by atoms with Crippen LogP contribution in [0.25, 0.3) is 38.8 Å². The van der Waals surface area contributed by atoms with Crippen LogP contribution in [-0.2, 0) is 6.54 Å². The molecular weight excluding hydrogens is 464 g/mol. The van der Waals surface area contributed by atoms with Gasteiger partial charge in [0.15, 0.2) is 5.65 Å². The molecule has 3 N–H and O–H groups in total. The molecule has 0 spiro atoms. The van der Waals surface area contributed by atoms with Gasteiger partial charge in [-0.2, -0.15) is 10.2 Å². The second-order valence-electron chi connectivity index (χ2n) is 8.22. The highest BCUT2D eigenvalue weighted by atomic mass is 35.5. The first-order valence-corrected chi connectivity index (χ1v) is 11.3. The Kier molecular flexibility index (Phi) is 4.85. The van der Waals surface area contributed by atoms with E-state index < -0.39 is 0 Å². The fraction of sp³-hybridized carbons (Fsp3) is 0.0800. The number of hydrogen-bond acceptors (Lipinski definition) is 6. The third-order valence-electron chi connectivity index (χ3n) is 6.07. The van der Waals surface area contributed by atoms with Crippen molar-refractivity contribution < 1.29 is 0 Å². The number of para-hydroxylation sites is 1. The Morgan fingerprint density at radius 3 is 2.74 bits per heavy atom. The molecule has 10 heteroatoms. The lowest BCUT2D eigenvalue weighted by Gasteiger charge is -2.17. The molecule has 35 heavy (non-hydrogen) atoms. The van der Waals surface area contributed by atoms with Crippen LogP contribution in [-0.4, -0.2) is 34.5 Å². The fourth-order valence-corrected chi connectivity index (χ4v) is 4.70. The van der Waals surface area contributed by atoms with Crippen LogP contribution in [0.4, 0.5) is 5.82 Å². The summed E-state index contributed by atoms with van der Waals surface area (Å²) in [5, 5.41) is 14.2. The minimum atomic E-state index is -0.149. The minimum absolute atomic E-state index is 0.149. The topological polar surface area (TPSA) is 120 Å². The minimum Gasteiger partial charge on any atom is -0.383 e. The number of rotatable bonds is 4. The summed E-state index contributed by atoms with van der Waals surface area (Å²) >= 11 is 6.55. The summed E-state index contributed by atoms with van der Waals surface area (Å²) in [6.45, 7) is 2.17. The summed E-state index contributed by atoms with van der Waals surface area (Å²) in [7, 11) is 0. The van der Waals surface area contributed by atoms with E-state index in [0.29, 0.717) is 44.3 Å². The van der Waals surface area contributed by atoms with Crippen LogP contribution in [0, 0.1) is 6.92 Å². The molecule has 172 valence electrons. The van der Waals surface area contributed by atoms with E-state index in [4.69, 9.17) is 22.4 Å². The van der Waals surface area contributed by atoms with Crippen molar-refractivity contribution >= 4 is 39.2 Å². The van der Waals surface area contributed by atoms with Gasteiger partial charge in [-0.1, -0.05) is 41.9 Å². The number of H-pyrrole nitrogens is 1. The standard InChI is InChI=1S/C25H19ClN8O/c1-14-5-4-6-15-9-17(34(25(35)20(14)15)19-8-3-2-7-18(19)26)12-33-24-21(23(27)28-13-29-24)22(32-33)16-10-30-31-11-16/h2-11,13H,12H2,1H3,(H,30,31)(H2,27,28,29). The number of nitrogens with one attached hydrogen (secondary N) is 1. The number of aromatic nitrogens is 7. The average molecular weight is 483 g/mol. The number of nitrogens with two attached hydrogens (primary N) is 1. The second kappa shape index (κ2) is 8.07. The normalized spacial score (nSPS) is 11.5. The number of anilines is 1. The summed E-state index contributed by atoms with van der Waals surface area (Å²) in [5.41, 5.74) is 10.2. The molecule has 4 heterocycles. The molecule has 0 radical (unpaired) electrons. The molecule has 0 saturated heterocycles. The van der Waals surface area contributed by atoms with Crippen LogP contribution in [0.5, 0.6) is 0 Å². The van der Waals surface area contributed by atoms with E-state index in [1.807, 2.05) is 49.4 Å².